The third-order valence-corrected chi connectivity index (χ3v) is 10.3. The number of amides is 1. The van der Waals surface area contributed by atoms with Crippen molar-refractivity contribution in [3.8, 4) is 0 Å². The molecule has 3 saturated carbocycles. The molecule has 1 amide bonds. The molecule has 5 fully saturated rings. The van der Waals surface area contributed by atoms with Gasteiger partial charge in [0.15, 0.2) is 5.78 Å². The van der Waals surface area contributed by atoms with E-state index in [1.807, 2.05) is 10.8 Å². The SMILES string of the molecule is O=C1C(C(=O)N2CCOCC2)=CN2C3CC4CCCCC4CC3OC3C2C1CC(F)C3n1cnc(Br)c1. The van der Waals surface area contributed by atoms with Crippen molar-refractivity contribution < 1.29 is 23.5 Å². The van der Waals surface area contributed by atoms with E-state index in [4.69, 9.17) is 9.47 Å². The van der Waals surface area contributed by atoms with E-state index in [9.17, 15) is 9.59 Å². The Labute approximate surface area is 224 Å². The third kappa shape index (κ3) is 4.00. The summed E-state index contributed by atoms with van der Waals surface area (Å²) in [6.45, 7) is 1.90. The number of hydrogen-bond donors (Lipinski definition) is 0. The fraction of sp³-hybridized carbons (Fsp3) is 0.741. The molecule has 0 aromatic carbocycles. The Balaban J connectivity index is 1.29. The highest BCUT2D eigenvalue weighted by Crippen LogP contribution is 2.52. The maximum absolute atomic E-state index is 16.0. The van der Waals surface area contributed by atoms with Crippen LogP contribution in [0.15, 0.2) is 28.9 Å². The van der Waals surface area contributed by atoms with Gasteiger partial charge >= 0.3 is 0 Å². The molecule has 3 aliphatic carbocycles. The quantitative estimate of drug-likeness (QED) is 0.503. The van der Waals surface area contributed by atoms with Crippen LogP contribution in [0.25, 0.3) is 0 Å². The van der Waals surface area contributed by atoms with Gasteiger partial charge in [-0.2, -0.15) is 0 Å². The summed E-state index contributed by atoms with van der Waals surface area (Å²) in [6.07, 6.45) is 10.5. The second kappa shape index (κ2) is 9.45. The molecule has 37 heavy (non-hydrogen) atoms. The zero-order valence-corrected chi connectivity index (χ0v) is 22.5. The summed E-state index contributed by atoms with van der Waals surface area (Å²) >= 11 is 3.40. The smallest absolute Gasteiger partial charge is 0.259 e. The fourth-order valence-electron chi connectivity index (χ4n) is 8.19. The Kier molecular flexibility index (Phi) is 6.20. The topological polar surface area (TPSA) is 76.9 Å². The summed E-state index contributed by atoms with van der Waals surface area (Å²) in [5.74, 6) is 0.213. The zero-order valence-electron chi connectivity index (χ0n) is 20.9. The normalized spacial score (nSPS) is 41.4. The lowest BCUT2D eigenvalue weighted by Crippen LogP contribution is -2.70. The van der Waals surface area contributed by atoms with Crippen LogP contribution < -0.4 is 0 Å². The fourth-order valence-corrected chi connectivity index (χ4v) is 8.51. The average molecular weight is 577 g/mol. The molecule has 9 unspecified atom stereocenters. The lowest BCUT2D eigenvalue weighted by molar-refractivity contribution is -0.214. The van der Waals surface area contributed by atoms with Crippen LogP contribution >= 0.6 is 15.9 Å². The summed E-state index contributed by atoms with van der Waals surface area (Å²) in [5, 5.41) is 0. The molecule has 0 radical (unpaired) electrons. The molecule has 3 aliphatic heterocycles. The summed E-state index contributed by atoms with van der Waals surface area (Å²) in [6, 6.07) is -0.742. The van der Waals surface area contributed by atoms with E-state index in [0.717, 1.165) is 12.8 Å². The first-order chi connectivity index (χ1) is 18.0. The van der Waals surface area contributed by atoms with Crippen molar-refractivity contribution in [2.75, 3.05) is 26.3 Å². The van der Waals surface area contributed by atoms with Gasteiger partial charge in [-0.25, -0.2) is 9.37 Å². The molecule has 0 bridgehead atoms. The van der Waals surface area contributed by atoms with Crippen molar-refractivity contribution in [3.63, 3.8) is 0 Å². The van der Waals surface area contributed by atoms with Gasteiger partial charge in [0.05, 0.1) is 49.3 Å². The van der Waals surface area contributed by atoms with E-state index in [0.29, 0.717) is 42.7 Å². The molecular weight excluding hydrogens is 543 g/mol. The Morgan fingerprint density at radius 1 is 1.08 bits per heavy atom. The van der Waals surface area contributed by atoms with E-state index in [1.54, 1.807) is 17.4 Å². The lowest BCUT2D eigenvalue weighted by atomic mass is 9.65. The standard InChI is InChI=1S/C27H34BrFN4O4/c28-22-13-32(14-30-22)24-19(29)11-17-23-26(24)37-21-10-16-4-2-1-3-15(16)9-20(21)33(23)12-18(25(17)34)27(35)31-5-7-36-8-6-31/h12-17,19-21,23-24,26H,1-11H2. The molecular formula is C27H34BrFN4O4. The number of hydrogen-bond acceptors (Lipinski definition) is 6. The van der Waals surface area contributed by atoms with Gasteiger partial charge in [-0.1, -0.05) is 25.7 Å². The van der Waals surface area contributed by atoms with E-state index < -0.39 is 24.2 Å². The molecule has 0 spiro atoms. The average Bonchev–Trinajstić information content (AvgIpc) is 3.34. The van der Waals surface area contributed by atoms with Crippen LogP contribution in [0.1, 0.15) is 51.0 Å². The molecule has 0 N–H and O–H groups in total. The summed E-state index contributed by atoms with van der Waals surface area (Å²) in [7, 11) is 0. The first-order valence-corrected chi connectivity index (χ1v) is 14.7. The number of morpholine rings is 2. The third-order valence-electron chi connectivity index (χ3n) is 9.89. The van der Waals surface area contributed by atoms with Gasteiger partial charge in [-0.15, -0.1) is 0 Å². The Morgan fingerprint density at radius 2 is 1.84 bits per heavy atom. The van der Waals surface area contributed by atoms with Gasteiger partial charge in [-0.05, 0) is 47.0 Å². The number of fused-ring (bicyclic) bond motifs is 3. The largest absolute Gasteiger partial charge is 0.378 e. The highest BCUT2D eigenvalue weighted by molar-refractivity contribution is 9.10. The second-order valence-electron chi connectivity index (χ2n) is 11.7. The van der Waals surface area contributed by atoms with Crippen LogP contribution in [-0.4, -0.2) is 87.8 Å². The Morgan fingerprint density at radius 3 is 2.57 bits per heavy atom. The maximum Gasteiger partial charge on any atom is 0.259 e. The maximum atomic E-state index is 16.0. The van der Waals surface area contributed by atoms with Crippen LogP contribution in [0.5, 0.6) is 0 Å². The monoisotopic (exact) mass is 576 g/mol. The molecule has 9 atom stereocenters. The number of carbonyl (C=O) groups excluding carboxylic acids is 2. The van der Waals surface area contributed by atoms with E-state index in [2.05, 4.69) is 25.8 Å². The molecule has 7 rings (SSSR count). The van der Waals surface area contributed by atoms with Crippen molar-refractivity contribution in [2.45, 2.75) is 81.5 Å². The number of ketones is 1. The number of ether oxygens (including phenoxy) is 2. The van der Waals surface area contributed by atoms with Crippen LogP contribution in [-0.2, 0) is 19.1 Å². The highest BCUT2D eigenvalue weighted by atomic mass is 79.9. The van der Waals surface area contributed by atoms with Gasteiger partial charge in [0.1, 0.15) is 16.9 Å². The van der Waals surface area contributed by atoms with E-state index in [1.165, 1.54) is 25.7 Å². The predicted molar refractivity (Wildman–Crippen MR) is 135 cm³/mol. The number of aromatic nitrogens is 2. The number of rotatable bonds is 2. The van der Waals surface area contributed by atoms with Crippen LogP contribution in [0, 0.1) is 17.8 Å². The minimum atomic E-state index is -1.28. The minimum Gasteiger partial charge on any atom is -0.378 e. The zero-order chi connectivity index (χ0) is 25.3. The number of imidazole rings is 1. The van der Waals surface area contributed by atoms with E-state index >= 15 is 4.39 Å². The van der Waals surface area contributed by atoms with Crippen LogP contribution in [0.3, 0.4) is 0 Å². The van der Waals surface area contributed by atoms with Gasteiger partial charge in [-0.3, -0.25) is 9.59 Å². The van der Waals surface area contributed by atoms with Crippen molar-refractivity contribution in [3.05, 3.63) is 28.9 Å². The molecule has 2 saturated heterocycles. The highest BCUT2D eigenvalue weighted by Gasteiger charge is 2.60. The molecule has 8 nitrogen and oxygen atoms in total. The van der Waals surface area contributed by atoms with E-state index in [-0.39, 0.29) is 41.9 Å². The predicted octanol–water partition coefficient (Wildman–Crippen LogP) is 3.28. The molecule has 4 heterocycles. The molecule has 6 aliphatic rings. The molecule has 1 aromatic heterocycles. The number of halogens is 2. The first-order valence-electron chi connectivity index (χ1n) is 13.9. The summed E-state index contributed by atoms with van der Waals surface area (Å²) in [4.78, 5) is 35.7. The Bertz CT molecular complexity index is 1110. The Hall–Kier alpha value is -1.78. The van der Waals surface area contributed by atoms with Crippen molar-refractivity contribution in [1.29, 1.82) is 0 Å². The molecule has 10 heteroatoms. The number of Topliss-reactive ketones (excluding diaryl/α,β-unsaturated/α-hetero) is 1. The summed E-state index contributed by atoms with van der Waals surface area (Å²) in [5.41, 5.74) is 0.212. The number of carbonyl (C=O) groups is 2. The molecule has 200 valence electrons. The van der Waals surface area contributed by atoms with Gasteiger partial charge in [0.25, 0.3) is 5.91 Å². The van der Waals surface area contributed by atoms with Crippen LogP contribution in [0.2, 0.25) is 0 Å². The van der Waals surface area contributed by atoms with Crippen molar-refractivity contribution >= 4 is 27.6 Å². The summed E-state index contributed by atoms with van der Waals surface area (Å²) < 4.78 is 30.7. The number of alkyl halides is 1. The first kappa shape index (κ1) is 24.3. The number of nitrogens with zero attached hydrogens (tertiary/aromatic N) is 4. The lowest BCUT2D eigenvalue weighted by Gasteiger charge is -2.61. The molecule has 1 aromatic rings. The minimum absolute atomic E-state index is 0.0368. The van der Waals surface area contributed by atoms with Crippen molar-refractivity contribution in [1.82, 2.24) is 19.4 Å². The van der Waals surface area contributed by atoms with Gasteiger partial charge in [0, 0.05) is 31.4 Å². The van der Waals surface area contributed by atoms with Crippen molar-refractivity contribution in [2.24, 2.45) is 17.8 Å². The second-order valence-corrected chi connectivity index (χ2v) is 12.5. The van der Waals surface area contributed by atoms with Crippen LogP contribution in [0.4, 0.5) is 4.39 Å². The van der Waals surface area contributed by atoms with Gasteiger partial charge in [0.2, 0.25) is 0 Å². The van der Waals surface area contributed by atoms with Gasteiger partial charge < -0.3 is 23.8 Å².